The second-order valence-corrected chi connectivity index (χ2v) is 6.05. The number of carbonyl (C=O) groups is 1. The van der Waals surface area contributed by atoms with Gasteiger partial charge in [-0.1, -0.05) is 13.0 Å². The van der Waals surface area contributed by atoms with E-state index in [0.717, 1.165) is 31.5 Å². The minimum atomic E-state index is -0.463. The van der Waals surface area contributed by atoms with Gasteiger partial charge in [0.25, 0.3) is 5.91 Å². The molecule has 1 aromatic rings. The lowest BCUT2D eigenvalue weighted by atomic mass is 9.99. The number of nitrogens with two attached hydrogens (primary N) is 1. The molecule has 3 N–H and O–H groups in total. The van der Waals surface area contributed by atoms with Gasteiger partial charge in [0.15, 0.2) is 18.1 Å². The Labute approximate surface area is 137 Å². The zero-order valence-electron chi connectivity index (χ0n) is 13.8. The van der Waals surface area contributed by atoms with E-state index >= 15 is 0 Å². The molecule has 0 aliphatic carbocycles. The third-order valence-electron chi connectivity index (χ3n) is 4.30. The standard InChI is InChI=1S/C17H26N2O4/c1-12-5-7-19(8-6-12)17(21)11-23-15-4-3-13(14(18)10-20)9-16(15)22-2/h3-4,9,12,14,20H,5-8,10-11,18H2,1-2H3/t14-/m1/s1. The van der Waals surface area contributed by atoms with Gasteiger partial charge in [-0.25, -0.2) is 0 Å². The molecule has 1 fully saturated rings. The van der Waals surface area contributed by atoms with E-state index in [4.69, 9.17) is 20.3 Å². The lowest BCUT2D eigenvalue weighted by Gasteiger charge is -2.30. The van der Waals surface area contributed by atoms with Crippen molar-refractivity contribution < 1.29 is 19.4 Å². The highest BCUT2D eigenvalue weighted by Gasteiger charge is 2.21. The minimum absolute atomic E-state index is 0.00383. The van der Waals surface area contributed by atoms with Crippen molar-refractivity contribution in [1.29, 1.82) is 0 Å². The number of rotatable bonds is 6. The molecular weight excluding hydrogens is 296 g/mol. The van der Waals surface area contributed by atoms with E-state index in [9.17, 15) is 4.79 Å². The van der Waals surface area contributed by atoms with Gasteiger partial charge in [-0.15, -0.1) is 0 Å². The van der Waals surface area contributed by atoms with E-state index < -0.39 is 6.04 Å². The summed E-state index contributed by atoms with van der Waals surface area (Å²) in [7, 11) is 1.53. The van der Waals surface area contributed by atoms with E-state index in [-0.39, 0.29) is 19.1 Å². The van der Waals surface area contributed by atoms with Gasteiger partial charge in [-0.05, 0) is 36.5 Å². The van der Waals surface area contributed by atoms with Crippen LogP contribution in [0.2, 0.25) is 0 Å². The molecule has 128 valence electrons. The normalized spacial score (nSPS) is 17.0. The van der Waals surface area contributed by atoms with Crippen LogP contribution in [0.3, 0.4) is 0 Å². The molecule has 0 radical (unpaired) electrons. The van der Waals surface area contributed by atoms with E-state index in [1.807, 2.05) is 4.90 Å². The first kappa shape index (κ1) is 17.6. The molecule has 1 aliphatic heterocycles. The maximum Gasteiger partial charge on any atom is 0.260 e. The van der Waals surface area contributed by atoms with E-state index in [1.54, 1.807) is 18.2 Å². The fourth-order valence-corrected chi connectivity index (χ4v) is 2.63. The number of hydrogen-bond donors (Lipinski definition) is 2. The third kappa shape index (κ3) is 4.59. The highest BCUT2D eigenvalue weighted by atomic mass is 16.5. The van der Waals surface area contributed by atoms with Gasteiger partial charge in [0.2, 0.25) is 0 Å². The minimum Gasteiger partial charge on any atom is -0.493 e. The Morgan fingerprint density at radius 1 is 1.39 bits per heavy atom. The summed E-state index contributed by atoms with van der Waals surface area (Å²) in [5, 5.41) is 9.11. The van der Waals surface area contributed by atoms with Gasteiger partial charge in [-0.3, -0.25) is 4.79 Å². The van der Waals surface area contributed by atoms with Crippen LogP contribution in [0, 0.1) is 5.92 Å². The Balaban J connectivity index is 1.95. The summed E-state index contributed by atoms with van der Waals surface area (Å²) >= 11 is 0. The molecule has 1 aliphatic rings. The Hall–Kier alpha value is -1.79. The van der Waals surface area contributed by atoms with Crippen molar-refractivity contribution in [2.45, 2.75) is 25.8 Å². The van der Waals surface area contributed by atoms with Crippen LogP contribution in [-0.4, -0.2) is 49.3 Å². The number of nitrogens with zero attached hydrogens (tertiary/aromatic N) is 1. The number of piperidine rings is 1. The van der Waals surface area contributed by atoms with Gasteiger partial charge < -0.3 is 25.2 Å². The summed E-state index contributed by atoms with van der Waals surface area (Å²) < 4.78 is 10.9. The first-order chi connectivity index (χ1) is 11.0. The summed E-state index contributed by atoms with van der Waals surface area (Å²) in [6.07, 6.45) is 2.09. The maximum atomic E-state index is 12.2. The summed E-state index contributed by atoms with van der Waals surface area (Å²) in [6, 6.07) is 4.75. The molecule has 1 aromatic carbocycles. The van der Waals surface area contributed by atoms with Gasteiger partial charge in [0.05, 0.1) is 19.8 Å². The highest BCUT2D eigenvalue weighted by Crippen LogP contribution is 2.30. The number of benzene rings is 1. The predicted octanol–water partition coefficient (Wildman–Crippen LogP) is 1.32. The van der Waals surface area contributed by atoms with E-state index in [1.165, 1.54) is 7.11 Å². The Morgan fingerprint density at radius 2 is 2.09 bits per heavy atom. The number of likely N-dealkylation sites (tertiary alicyclic amines) is 1. The molecule has 2 rings (SSSR count). The zero-order valence-corrected chi connectivity index (χ0v) is 13.8. The maximum absolute atomic E-state index is 12.2. The van der Waals surface area contributed by atoms with Gasteiger partial charge in [0, 0.05) is 13.1 Å². The Bertz CT molecular complexity index is 527. The lowest BCUT2D eigenvalue weighted by Crippen LogP contribution is -2.40. The molecular formula is C17H26N2O4. The van der Waals surface area contributed by atoms with Crippen molar-refractivity contribution in [2.24, 2.45) is 11.7 Å². The van der Waals surface area contributed by atoms with Crippen molar-refractivity contribution in [1.82, 2.24) is 4.90 Å². The Kier molecular flexibility index (Phi) is 6.24. The van der Waals surface area contributed by atoms with Crippen LogP contribution in [0.25, 0.3) is 0 Å². The van der Waals surface area contributed by atoms with Gasteiger partial charge >= 0.3 is 0 Å². The van der Waals surface area contributed by atoms with E-state index in [2.05, 4.69) is 6.92 Å². The SMILES string of the molecule is COc1cc([C@H](N)CO)ccc1OCC(=O)N1CCC(C)CC1. The molecule has 6 heteroatoms. The predicted molar refractivity (Wildman–Crippen MR) is 87.5 cm³/mol. The lowest BCUT2D eigenvalue weighted by molar-refractivity contribution is -0.134. The molecule has 1 heterocycles. The highest BCUT2D eigenvalue weighted by molar-refractivity contribution is 5.78. The average Bonchev–Trinajstić information content (AvgIpc) is 2.59. The first-order valence-corrected chi connectivity index (χ1v) is 8.00. The number of methoxy groups -OCH3 is 1. The van der Waals surface area contributed by atoms with Crippen molar-refractivity contribution in [2.75, 3.05) is 33.4 Å². The number of hydrogen-bond acceptors (Lipinski definition) is 5. The van der Waals surface area contributed by atoms with Crippen LogP contribution in [0.5, 0.6) is 11.5 Å². The topological polar surface area (TPSA) is 85.0 Å². The summed E-state index contributed by atoms with van der Waals surface area (Å²) in [5.41, 5.74) is 6.55. The number of aliphatic hydroxyl groups is 1. The van der Waals surface area contributed by atoms with Crippen LogP contribution >= 0.6 is 0 Å². The largest absolute Gasteiger partial charge is 0.493 e. The van der Waals surface area contributed by atoms with Crippen molar-refractivity contribution in [3.8, 4) is 11.5 Å². The second-order valence-electron chi connectivity index (χ2n) is 6.05. The summed E-state index contributed by atoms with van der Waals surface area (Å²) in [6.45, 7) is 3.66. The number of carbonyl (C=O) groups excluding carboxylic acids is 1. The van der Waals surface area contributed by atoms with Crippen LogP contribution in [-0.2, 0) is 4.79 Å². The molecule has 0 bridgehead atoms. The van der Waals surface area contributed by atoms with Crippen LogP contribution in [0.4, 0.5) is 0 Å². The van der Waals surface area contributed by atoms with Crippen molar-refractivity contribution in [3.63, 3.8) is 0 Å². The quantitative estimate of drug-likeness (QED) is 0.825. The average molecular weight is 322 g/mol. The summed E-state index contributed by atoms with van der Waals surface area (Å²) in [4.78, 5) is 14.1. The molecule has 0 aromatic heterocycles. The van der Waals surface area contributed by atoms with Gasteiger partial charge in [-0.2, -0.15) is 0 Å². The number of amides is 1. The monoisotopic (exact) mass is 322 g/mol. The van der Waals surface area contributed by atoms with Crippen molar-refractivity contribution >= 4 is 5.91 Å². The van der Waals surface area contributed by atoms with Crippen molar-refractivity contribution in [3.05, 3.63) is 23.8 Å². The molecule has 0 spiro atoms. The molecule has 0 unspecified atom stereocenters. The summed E-state index contributed by atoms with van der Waals surface area (Å²) in [5.74, 6) is 1.69. The fraction of sp³-hybridized carbons (Fsp3) is 0.588. The zero-order chi connectivity index (χ0) is 16.8. The molecule has 6 nitrogen and oxygen atoms in total. The molecule has 0 saturated carbocycles. The molecule has 1 amide bonds. The third-order valence-corrected chi connectivity index (χ3v) is 4.30. The van der Waals surface area contributed by atoms with E-state index in [0.29, 0.717) is 17.4 Å². The second kappa shape index (κ2) is 8.17. The Morgan fingerprint density at radius 3 is 2.70 bits per heavy atom. The molecule has 1 saturated heterocycles. The number of aliphatic hydroxyl groups excluding tert-OH is 1. The van der Waals surface area contributed by atoms with Crippen LogP contribution in [0.1, 0.15) is 31.4 Å². The van der Waals surface area contributed by atoms with Crippen LogP contribution in [0.15, 0.2) is 18.2 Å². The first-order valence-electron chi connectivity index (χ1n) is 8.00. The fourth-order valence-electron chi connectivity index (χ4n) is 2.63. The molecule has 1 atom stereocenters. The van der Waals surface area contributed by atoms with Gasteiger partial charge in [0.1, 0.15) is 0 Å². The number of ether oxygens (including phenoxy) is 2. The smallest absolute Gasteiger partial charge is 0.260 e. The van der Waals surface area contributed by atoms with Crippen LogP contribution < -0.4 is 15.2 Å². The molecule has 23 heavy (non-hydrogen) atoms.